The maximum absolute atomic E-state index is 9.54. The summed E-state index contributed by atoms with van der Waals surface area (Å²) in [5.41, 5.74) is 0. The number of rotatable bonds is 4. The van der Waals surface area contributed by atoms with Gasteiger partial charge in [0, 0.05) is 20.6 Å². The number of hydrogen-bond donors (Lipinski definition) is 1. The quantitative estimate of drug-likeness (QED) is 0.665. The molecule has 0 amide bonds. The molecule has 0 radical (unpaired) electrons. The van der Waals surface area contributed by atoms with Crippen molar-refractivity contribution >= 4 is 0 Å². The summed E-state index contributed by atoms with van der Waals surface area (Å²) in [5.74, 6) is 0.458. The highest BCUT2D eigenvalue weighted by Crippen LogP contribution is 2.24. The van der Waals surface area contributed by atoms with Crippen molar-refractivity contribution in [3.8, 4) is 0 Å². The molecule has 1 aliphatic heterocycles. The molecule has 0 saturated carbocycles. The van der Waals surface area contributed by atoms with E-state index >= 15 is 0 Å². The van der Waals surface area contributed by atoms with Gasteiger partial charge in [0.2, 0.25) is 6.29 Å². The Bertz CT molecular complexity index is 194. The Hall–Kier alpha value is -0.620. The van der Waals surface area contributed by atoms with Crippen LogP contribution in [0.5, 0.6) is 0 Å². The molecule has 1 fully saturated rings. The molecule has 0 aromatic heterocycles. The van der Waals surface area contributed by atoms with Crippen LogP contribution in [0.15, 0.2) is 12.3 Å². The molecule has 3 atom stereocenters. The molecule has 1 aliphatic rings. The lowest BCUT2D eigenvalue weighted by Crippen LogP contribution is -2.41. The van der Waals surface area contributed by atoms with Crippen molar-refractivity contribution in [2.45, 2.75) is 24.9 Å². The minimum Gasteiger partial charge on any atom is -0.464 e. The molecule has 1 rings (SSSR count). The normalized spacial score (nSPS) is 32.8. The SMILES string of the molecule is C=C1O[C@H](OC)[C@@H](O)C[C@H]1OCOC. The van der Waals surface area contributed by atoms with Crippen molar-refractivity contribution in [3.05, 3.63) is 12.3 Å². The number of ether oxygens (including phenoxy) is 4. The molecule has 5 heteroatoms. The highest BCUT2D eigenvalue weighted by molar-refractivity contribution is 4.99. The van der Waals surface area contributed by atoms with E-state index in [1.165, 1.54) is 14.2 Å². The molecule has 14 heavy (non-hydrogen) atoms. The molecule has 0 spiro atoms. The summed E-state index contributed by atoms with van der Waals surface area (Å²) in [6.45, 7) is 3.84. The van der Waals surface area contributed by atoms with Gasteiger partial charge < -0.3 is 24.1 Å². The number of hydrogen-bond acceptors (Lipinski definition) is 5. The number of aliphatic hydroxyl groups excluding tert-OH is 1. The van der Waals surface area contributed by atoms with Crippen LogP contribution in [0.2, 0.25) is 0 Å². The first-order chi connectivity index (χ1) is 6.69. The first-order valence-electron chi connectivity index (χ1n) is 4.36. The molecule has 0 aromatic carbocycles. The van der Waals surface area contributed by atoms with Crippen LogP contribution in [-0.4, -0.2) is 44.6 Å². The standard InChI is InChI=1S/C9H16O5/c1-6-8(13-5-11-2)4-7(10)9(12-3)14-6/h7-10H,1,4-5H2,2-3H3/t7-,8+,9-/m0/s1. The molecule has 0 bridgehead atoms. The predicted molar refractivity (Wildman–Crippen MR) is 48.4 cm³/mol. The number of methoxy groups -OCH3 is 2. The molecule has 1 N–H and O–H groups in total. The van der Waals surface area contributed by atoms with E-state index < -0.39 is 12.4 Å². The maximum atomic E-state index is 9.54. The largest absolute Gasteiger partial charge is 0.464 e. The van der Waals surface area contributed by atoms with Crippen molar-refractivity contribution in [1.29, 1.82) is 0 Å². The summed E-state index contributed by atoms with van der Waals surface area (Å²) in [4.78, 5) is 0. The molecule has 0 aromatic rings. The van der Waals surface area contributed by atoms with Gasteiger partial charge in [-0.1, -0.05) is 6.58 Å². The summed E-state index contributed by atoms with van der Waals surface area (Å²) in [6, 6.07) is 0. The van der Waals surface area contributed by atoms with Crippen LogP contribution in [0, 0.1) is 0 Å². The monoisotopic (exact) mass is 204 g/mol. The van der Waals surface area contributed by atoms with E-state index in [-0.39, 0.29) is 12.9 Å². The van der Waals surface area contributed by atoms with E-state index in [0.717, 1.165) is 0 Å². The van der Waals surface area contributed by atoms with Crippen LogP contribution in [0.4, 0.5) is 0 Å². The highest BCUT2D eigenvalue weighted by atomic mass is 16.7. The zero-order valence-corrected chi connectivity index (χ0v) is 8.43. The second-order valence-corrected chi connectivity index (χ2v) is 3.05. The second kappa shape index (κ2) is 5.31. The Labute approximate surface area is 83.2 Å². The Morgan fingerprint density at radius 2 is 2.29 bits per heavy atom. The fourth-order valence-corrected chi connectivity index (χ4v) is 1.28. The third-order valence-corrected chi connectivity index (χ3v) is 2.02. The third-order valence-electron chi connectivity index (χ3n) is 2.02. The van der Waals surface area contributed by atoms with Crippen LogP contribution in [0.1, 0.15) is 6.42 Å². The molecule has 1 heterocycles. The van der Waals surface area contributed by atoms with Gasteiger partial charge in [-0.2, -0.15) is 0 Å². The van der Waals surface area contributed by atoms with Crippen LogP contribution in [0.3, 0.4) is 0 Å². The van der Waals surface area contributed by atoms with Crippen molar-refractivity contribution < 1.29 is 24.1 Å². The Morgan fingerprint density at radius 3 is 2.86 bits per heavy atom. The van der Waals surface area contributed by atoms with Crippen molar-refractivity contribution in [1.82, 2.24) is 0 Å². The second-order valence-electron chi connectivity index (χ2n) is 3.05. The van der Waals surface area contributed by atoms with Gasteiger partial charge in [0.05, 0.1) is 0 Å². The average molecular weight is 204 g/mol. The lowest BCUT2D eigenvalue weighted by Gasteiger charge is -2.33. The lowest BCUT2D eigenvalue weighted by atomic mass is 10.1. The van der Waals surface area contributed by atoms with Gasteiger partial charge in [-0.25, -0.2) is 0 Å². The van der Waals surface area contributed by atoms with E-state index in [2.05, 4.69) is 6.58 Å². The zero-order chi connectivity index (χ0) is 10.6. The molecule has 5 nitrogen and oxygen atoms in total. The topological polar surface area (TPSA) is 57.2 Å². The predicted octanol–water partition coefficient (Wildman–Crippen LogP) is 0.243. The van der Waals surface area contributed by atoms with Crippen molar-refractivity contribution in [3.63, 3.8) is 0 Å². The molecule has 0 unspecified atom stereocenters. The summed E-state index contributed by atoms with van der Waals surface area (Å²) in [7, 11) is 3.00. The molecular weight excluding hydrogens is 188 g/mol. The fourth-order valence-electron chi connectivity index (χ4n) is 1.28. The smallest absolute Gasteiger partial charge is 0.225 e. The minimum atomic E-state index is -0.702. The maximum Gasteiger partial charge on any atom is 0.225 e. The average Bonchev–Trinajstić information content (AvgIpc) is 2.18. The van der Waals surface area contributed by atoms with Gasteiger partial charge in [-0.15, -0.1) is 0 Å². The van der Waals surface area contributed by atoms with E-state index in [1.807, 2.05) is 0 Å². The first kappa shape index (κ1) is 11.5. The van der Waals surface area contributed by atoms with E-state index in [0.29, 0.717) is 12.2 Å². The summed E-state index contributed by atoms with van der Waals surface area (Å²) < 4.78 is 20.1. The van der Waals surface area contributed by atoms with Gasteiger partial charge in [0.25, 0.3) is 0 Å². The minimum absolute atomic E-state index is 0.150. The van der Waals surface area contributed by atoms with Crippen molar-refractivity contribution in [2.24, 2.45) is 0 Å². The number of aliphatic hydroxyl groups is 1. The Morgan fingerprint density at radius 1 is 1.57 bits per heavy atom. The van der Waals surface area contributed by atoms with Crippen LogP contribution < -0.4 is 0 Å². The van der Waals surface area contributed by atoms with Gasteiger partial charge in [0.1, 0.15) is 24.8 Å². The summed E-state index contributed by atoms with van der Waals surface area (Å²) >= 11 is 0. The fraction of sp³-hybridized carbons (Fsp3) is 0.778. The van der Waals surface area contributed by atoms with Gasteiger partial charge in [-0.05, 0) is 0 Å². The molecule has 82 valence electrons. The van der Waals surface area contributed by atoms with Gasteiger partial charge >= 0.3 is 0 Å². The Kier molecular flexibility index (Phi) is 4.34. The van der Waals surface area contributed by atoms with Crippen LogP contribution in [-0.2, 0) is 18.9 Å². The van der Waals surface area contributed by atoms with Gasteiger partial charge in [0.15, 0.2) is 0 Å². The zero-order valence-electron chi connectivity index (χ0n) is 8.43. The molecule has 0 aliphatic carbocycles. The summed E-state index contributed by atoms with van der Waals surface area (Å²) in [5, 5.41) is 9.54. The lowest BCUT2D eigenvalue weighted by molar-refractivity contribution is -0.211. The third kappa shape index (κ3) is 2.68. The highest BCUT2D eigenvalue weighted by Gasteiger charge is 2.33. The summed E-state index contributed by atoms with van der Waals surface area (Å²) in [6.07, 6.45) is -1.28. The van der Waals surface area contributed by atoms with Crippen LogP contribution in [0.25, 0.3) is 0 Å². The van der Waals surface area contributed by atoms with Crippen LogP contribution >= 0.6 is 0 Å². The molecular formula is C9H16O5. The Balaban J connectivity index is 2.44. The molecule has 1 saturated heterocycles. The van der Waals surface area contributed by atoms with Gasteiger partial charge in [-0.3, -0.25) is 0 Å². The first-order valence-corrected chi connectivity index (χ1v) is 4.36. The van der Waals surface area contributed by atoms with E-state index in [1.54, 1.807) is 0 Å². The van der Waals surface area contributed by atoms with E-state index in [9.17, 15) is 5.11 Å². The van der Waals surface area contributed by atoms with Crippen molar-refractivity contribution in [2.75, 3.05) is 21.0 Å². The van der Waals surface area contributed by atoms with E-state index in [4.69, 9.17) is 18.9 Å².